The molecule has 1 aromatic heterocycles. The number of amides is 1. The summed E-state index contributed by atoms with van der Waals surface area (Å²) in [6.45, 7) is 4.17. The Balaban J connectivity index is 1.08. The third-order valence-electron chi connectivity index (χ3n) is 6.95. The van der Waals surface area contributed by atoms with Crippen molar-refractivity contribution in [2.45, 2.75) is 44.2 Å². The van der Waals surface area contributed by atoms with Crippen LogP contribution in [-0.4, -0.2) is 54.2 Å². The van der Waals surface area contributed by atoms with Crippen LogP contribution < -0.4 is 20.3 Å². The predicted molar refractivity (Wildman–Crippen MR) is 124 cm³/mol. The lowest BCUT2D eigenvalue weighted by Crippen LogP contribution is -2.57. The monoisotopic (exact) mass is 466 g/mol. The highest BCUT2D eigenvalue weighted by Gasteiger charge is 2.45. The molecule has 2 aliphatic heterocycles. The van der Waals surface area contributed by atoms with Gasteiger partial charge in [-0.25, -0.2) is 9.97 Å². The molecule has 2 N–H and O–H groups in total. The van der Waals surface area contributed by atoms with Gasteiger partial charge in [0.1, 0.15) is 23.3 Å². The molecule has 0 atom stereocenters. The topological polar surface area (TPSA) is 103 Å². The van der Waals surface area contributed by atoms with E-state index in [1.165, 1.54) is 6.42 Å². The minimum absolute atomic E-state index is 0.0658. The van der Waals surface area contributed by atoms with Gasteiger partial charge in [-0.05, 0) is 50.8 Å². The molecule has 33 heavy (non-hydrogen) atoms. The molecule has 0 unspecified atom stereocenters. The van der Waals surface area contributed by atoms with Crippen LogP contribution in [0.3, 0.4) is 0 Å². The first-order valence-corrected chi connectivity index (χ1v) is 11.9. The van der Waals surface area contributed by atoms with Crippen molar-refractivity contribution in [2.24, 2.45) is 5.41 Å². The number of halogens is 1. The molecule has 0 radical (unpaired) electrons. The largest absolute Gasteiger partial charge is 0.490 e. The van der Waals surface area contributed by atoms with Crippen LogP contribution in [0.2, 0.25) is 5.02 Å². The smallest absolute Gasteiger partial charge is 0.271 e. The van der Waals surface area contributed by atoms with Gasteiger partial charge in [0.15, 0.2) is 0 Å². The van der Waals surface area contributed by atoms with Crippen molar-refractivity contribution >= 4 is 23.3 Å². The third kappa shape index (κ3) is 4.75. The number of nitrogens with one attached hydrogen (secondary N) is 2. The van der Waals surface area contributed by atoms with Crippen molar-refractivity contribution in [3.63, 3.8) is 0 Å². The quantitative estimate of drug-likeness (QED) is 0.698. The molecule has 8 nitrogen and oxygen atoms in total. The van der Waals surface area contributed by atoms with Gasteiger partial charge in [0, 0.05) is 37.2 Å². The first-order chi connectivity index (χ1) is 16.0. The van der Waals surface area contributed by atoms with Gasteiger partial charge >= 0.3 is 0 Å². The van der Waals surface area contributed by atoms with Crippen molar-refractivity contribution in [1.82, 2.24) is 20.6 Å². The molecule has 3 aliphatic rings. The molecule has 1 aromatic carbocycles. The fraction of sp³-hybridized carbons (Fsp3) is 0.500. The third-order valence-corrected chi connectivity index (χ3v) is 7.27. The van der Waals surface area contributed by atoms with Gasteiger partial charge in [0.05, 0.1) is 29.1 Å². The highest BCUT2D eigenvalue weighted by atomic mass is 35.5. The lowest BCUT2D eigenvalue weighted by atomic mass is 9.79. The van der Waals surface area contributed by atoms with Crippen molar-refractivity contribution < 1.29 is 9.53 Å². The summed E-state index contributed by atoms with van der Waals surface area (Å²) in [5.41, 5.74) is 1.18. The van der Waals surface area contributed by atoms with E-state index in [0.29, 0.717) is 27.4 Å². The number of carbonyl (C=O) groups excluding carboxylic acids is 1. The molecule has 0 bridgehead atoms. The Hall–Kier alpha value is -2.89. The maximum absolute atomic E-state index is 12.6. The number of anilines is 1. The summed E-state index contributed by atoms with van der Waals surface area (Å²) >= 11 is 6.09. The van der Waals surface area contributed by atoms with Gasteiger partial charge in [-0.15, -0.1) is 0 Å². The van der Waals surface area contributed by atoms with E-state index in [0.717, 1.165) is 57.7 Å². The highest BCUT2D eigenvalue weighted by molar-refractivity contribution is 6.31. The van der Waals surface area contributed by atoms with Crippen molar-refractivity contribution in [3.05, 3.63) is 46.9 Å². The van der Waals surface area contributed by atoms with Gasteiger partial charge in [0.25, 0.3) is 5.91 Å². The number of hydrogen-bond donors (Lipinski definition) is 2. The fourth-order valence-electron chi connectivity index (χ4n) is 5.03. The van der Waals surface area contributed by atoms with Crippen LogP contribution in [0.5, 0.6) is 5.75 Å². The Labute approximate surface area is 198 Å². The molecular weight excluding hydrogens is 440 g/mol. The molecule has 5 rings (SSSR count). The second-order valence-corrected chi connectivity index (χ2v) is 9.77. The van der Waals surface area contributed by atoms with E-state index in [1.807, 2.05) is 6.07 Å². The van der Waals surface area contributed by atoms with Crippen LogP contribution in [0.4, 0.5) is 5.82 Å². The molecule has 3 heterocycles. The molecule has 1 amide bonds. The van der Waals surface area contributed by atoms with Gasteiger partial charge < -0.3 is 20.3 Å². The first kappa shape index (κ1) is 21.9. The van der Waals surface area contributed by atoms with E-state index in [9.17, 15) is 4.79 Å². The van der Waals surface area contributed by atoms with Gasteiger partial charge in [-0.1, -0.05) is 11.6 Å². The maximum atomic E-state index is 12.6. The van der Waals surface area contributed by atoms with Crippen molar-refractivity contribution in [1.29, 1.82) is 5.26 Å². The van der Waals surface area contributed by atoms with Gasteiger partial charge in [0.2, 0.25) is 0 Å². The van der Waals surface area contributed by atoms with E-state index in [4.69, 9.17) is 21.6 Å². The number of hydrogen-bond acceptors (Lipinski definition) is 7. The second kappa shape index (κ2) is 9.16. The standard InChI is InChI=1S/C24H27ClN6O2/c25-20-9-19(4-1-16(20)10-26)33-18-5-2-17(3-6-18)30-23(32)21-11-29-22(12-28-21)31-14-24(15-31)7-8-27-13-24/h1,4,9,11-12,17-18,27H,2-3,5-8,13-15H2,(H,30,32)/t17-,18-. The zero-order chi connectivity index (χ0) is 22.8. The molecule has 3 fully saturated rings. The average molecular weight is 467 g/mol. The Morgan fingerprint density at radius 3 is 2.70 bits per heavy atom. The molecule has 9 heteroatoms. The zero-order valence-corrected chi connectivity index (χ0v) is 19.1. The molecule has 1 spiro atoms. The minimum atomic E-state index is -0.183. The Morgan fingerprint density at radius 1 is 1.24 bits per heavy atom. The normalized spacial score (nSPS) is 23.6. The Kier molecular flexibility index (Phi) is 6.09. The summed E-state index contributed by atoms with van der Waals surface area (Å²) in [5.74, 6) is 1.32. The summed E-state index contributed by atoms with van der Waals surface area (Å²) < 4.78 is 6.02. The zero-order valence-electron chi connectivity index (χ0n) is 18.4. The van der Waals surface area contributed by atoms with E-state index in [2.05, 4.69) is 25.5 Å². The van der Waals surface area contributed by atoms with Gasteiger partial charge in [-0.2, -0.15) is 5.26 Å². The van der Waals surface area contributed by atoms with Crippen LogP contribution in [-0.2, 0) is 0 Å². The van der Waals surface area contributed by atoms with Crippen molar-refractivity contribution in [2.75, 3.05) is 31.1 Å². The molecule has 2 saturated heterocycles. The SMILES string of the molecule is N#Cc1ccc(O[C@H]2CC[C@H](NC(=O)c3cnc(N4CC5(CCNC5)C4)cn3)CC2)cc1Cl. The number of rotatable bonds is 5. The number of nitrogens with zero attached hydrogens (tertiary/aromatic N) is 4. The lowest BCUT2D eigenvalue weighted by molar-refractivity contribution is 0.0888. The first-order valence-electron chi connectivity index (χ1n) is 11.5. The molecule has 1 aliphatic carbocycles. The maximum Gasteiger partial charge on any atom is 0.271 e. The number of aromatic nitrogens is 2. The molecular formula is C24H27ClN6O2. The van der Waals surface area contributed by atoms with Crippen LogP contribution >= 0.6 is 11.6 Å². The van der Waals surface area contributed by atoms with E-state index >= 15 is 0 Å². The van der Waals surface area contributed by atoms with Crippen molar-refractivity contribution in [3.8, 4) is 11.8 Å². The molecule has 2 aromatic rings. The van der Waals surface area contributed by atoms with Crippen LogP contribution in [0.1, 0.15) is 48.2 Å². The summed E-state index contributed by atoms with van der Waals surface area (Å²) in [6.07, 6.45) is 7.88. The number of carbonyl (C=O) groups is 1. The summed E-state index contributed by atoms with van der Waals surface area (Å²) in [7, 11) is 0. The summed E-state index contributed by atoms with van der Waals surface area (Å²) in [4.78, 5) is 23.7. The number of benzene rings is 1. The number of ether oxygens (including phenoxy) is 1. The van der Waals surface area contributed by atoms with E-state index in [1.54, 1.807) is 30.6 Å². The van der Waals surface area contributed by atoms with Crippen LogP contribution in [0.25, 0.3) is 0 Å². The summed E-state index contributed by atoms with van der Waals surface area (Å²) in [5, 5.41) is 15.9. The Bertz CT molecular complexity index is 1050. The lowest BCUT2D eigenvalue weighted by Gasteiger charge is -2.48. The fourth-order valence-corrected chi connectivity index (χ4v) is 5.24. The predicted octanol–water partition coefficient (Wildman–Crippen LogP) is 2.92. The van der Waals surface area contributed by atoms with Crippen LogP contribution in [0, 0.1) is 16.7 Å². The Morgan fingerprint density at radius 2 is 2.06 bits per heavy atom. The number of nitriles is 1. The highest BCUT2D eigenvalue weighted by Crippen LogP contribution is 2.38. The summed E-state index contributed by atoms with van der Waals surface area (Å²) in [6, 6.07) is 7.26. The average Bonchev–Trinajstić information content (AvgIpc) is 3.30. The van der Waals surface area contributed by atoms with E-state index in [-0.39, 0.29) is 18.1 Å². The van der Waals surface area contributed by atoms with Crippen LogP contribution in [0.15, 0.2) is 30.6 Å². The van der Waals surface area contributed by atoms with E-state index < -0.39 is 0 Å². The minimum Gasteiger partial charge on any atom is -0.490 e. The molecule has 1 saturated carbocycles. The van der Waals surface area contributed by atoms with Gasteiger partial charge in [-0.3, -0.25) is 4.79 Å². The second-order valence-electron chi connectivity index (χ2n) is 9.36. The molecule has 172 valence electrons.